The molecule has 0 radical (unpaired) electrons. The number of amides is 2. The van der Waals surface area contributed by atoms with Gasteiger partial charge in [-0.05, 0) is 43.0 Å². The van der Waals surface area contributed by atoms with Gasteiger partial charge in [0.1, 0.15) is 11.5 Å². The van der Waals surface area contributed by atoms with Crippen LogP contribution in [0.1, 0.15) is 37.0 Å². The highest BCUT2D eigenvalue weighted by Crippen LogP contribution is 2.07. The van der Waals surface area contributed by atoms with Crippen LogP contribution >= 0.6 is 0 Å². The van der Waals surface area contributed by atoms with Crippen molar-refractivity contribution >= 4 is 29.9 Å². The number of unbranched alkanes of at least 4 members (excludes halogenated alkanes) is 2. The number of aliphatic carboxylic acids is 1. The number of carboxylic acids is 1. The first kappa shape index (κ1) is 21.7. The summed E-state index contributed by atoms with van der Waals surface area (Å²) in [5, 5.41) is 15.7. The number of benzene rings is 1. The molecule has 2 N–H and O–H groups in total. The number of hydrogen-bond donors (Lipinski definition) is 2. The van der Waals surface area contributed by atoms with Crippen molar-refractivity contribution in [3.05, 3.63) is 71.8 Å². The van der Waals surface area contributed by atoms with Crippen LogP contribution in [0.3, 0.4) is 0 Å². The molecular formula is C22H23N2O5-. The first-order chi connectivity index (χ1) is 14.0. The topological polar surface area (TPSA) is 111 Å². The van der Waals surface area contributed by atoms with Crippen molar-refractivity contribution in [3.63, 3.8) is 0 Å². The number of carbonyl (C=O) groups is 3. The van der Waals surface area contributed by atoms with Crippen LogP contribution in [0.2, 0.25) is 0 Å². The molecule has 0 aliphatic carbocycles. The third kappa shape index (κ3) is 8.75. The van der Waals surface area contributed by atoms with E-state index < -0.39 is 17.8 Å². The normalized spacial score (nSPS) is 11.4. The largest absolute Gasteiger partial charge is 0.550 e. The van der Waals surface area contributed by atoms with E-state index >= 15 is 0 Å². The van der Waals surface area contributed by atoms with Crippen LogP contribution in [0.25, 0.3) is 12.2 Å². The van der Waals surface area contributed by atoms with E-state index in [1.54, 1.807) is 18.2 Å². The second kappa shape index (κ2) is 12.0. The maximum Gasteiger partial charge on any atom is 0.267 e. The van der Waals surface area contributed by atoms with E-state index in [1.165, 1.54) is 18.4 Å². The second-order valence-corrected chi connectivity index (χ2v) is 6.25. The molecular weight excluding hydrogens is 372 g/mol. The van der Waals surface area contributed by atoms with Crippen LogP contribution in [0.15, 0.2) is 64.9 Å². The van der Waals surface area contributed by atoms with Crippen LogP contribution in [0.4, 0.5) is 0 Å². The second-order valence-electron chi connectivity index (χ2n) is 6.25. The fourth-order valence-corrected chi connectivity index (χ4v) is 2.45. The van der Waals surface area contributed by atoms with E-state index in [1.807, 2.05) is 30.3 Å². The number of nitrogens with one attached hydrogen (secondary N) is 2. The summed E-state index contributed by atoms with van der Waals surface area (Å²) in [6.45, 7) is 0.358. The Morgan fingerprint density at radius 1 is 1.00 bits per heavy atom. The Labute approximate surface area is 169 Å². The van der Waals surface area contributed by atoms with E-state index in [9.17, 15) is 19.5 Å². The van der Waals surface area contributed by atoms with Crippen molar-refractivity contribution in [2.45, 2.75) is 25.7 Å². The number of hydrogen-bond acceptors (Lipinski definition) is 5. The predicted octanol–water partition coefficient (Wildman–Crippen LogP) is 1.88. The summed E-state index contributed by atoms with van der Waals surface area (Å²) in [7, 11) is 0. The highest BCUT2D eigenvalue weighted by molar-refractivity contribution is 6.04. The molecule has 0 fully saturated rings. The Hall–Kier alpha value is -3.61. The monoisotopic (exact) mass is 395 g/mol. The smallest absolute Gasteiger partial charge is 0.267 e. The van der Waals surface area contributed by atoms with Gasteiger partial charge in [0.05, 0.1) is 6.26 Å². The molecule has 7 heteroatoms. The third-order valence-corrected chi connectivity index (χ3v) is 3.90. The van der Waals surface area contributed by atoms with Gasteiger partial charge in [-0.1, -0.05) is 36.8 Å². The van der Waals surface area contributed by atoms with Crippen LogP contribution in [0.5, 0.6) is 0 Å². The van der Waals surface area contributed by atoms with Crippen molar-refractivity contribution in [1.82, 2.24) is 10.6 Å². The zero-order valence-electron chi connectivity index (χ0n) is 15.9. The summed E-state index contributed by atoms with van der Waals surface area (Å²) in [4.78, 5) is 35.1. The molecule has 0 saturated heterocycles. The molecule has 2 rings (SSSR count). The van der Waals surface area contributed by atoms with Gasteiger partial charge in [-0.15, -0.1) is 0 Å². The molecule has 152 valence electrons. The zero-order valence-corrected chi connectivity index (χ0v) is 15.9. The lowest BCUT2D eigenvalue weighted by Gasteiger charge is -2.09. The van der Waals surface area contributed by atoms with Gasteiger partial charge in [-0.25, -0.2) is 0 Å². The Morgan fingerprint density at radius 3 is 2.48 bits per heavy atom. The van der Waals surface area contributed by atoms with Crippen LogP contribution in [0, 0.1) is 0 Å². The average Bonchev–Trinajstić information content (AvgIpc) is 3.22. The standard InChI is InChI=1S/C22H24N2O5/c25-20(13-12-17-8-3-1-4-9-17)24-19(16-18-10-7-15-29-18)22(28)23-14-6-2-5-11-21(26)27/h1,3-4,7-10,12-13,15-16H,2,5-6,11,14H2,(H,23,28)(H,24,25)(H,26,27)/p-1/b13-12+,19-16+. The first-order valence-electron chi connectivity index (χ1n) is 9.32. The van der Waals surface area contributed by atoms with E-state index in [-0.39, 0.29) is 12.1 Å². The van der Waals surface area contributed by atoms with Gasteiger partial charge in [-0.2, -0.15) is 0 Å². The fraction of sp³-hybridized carbons (Fsp3) is 0.227. The van der Waals surface area contributed by atoms with Crippen LogP contribution in [-0.4, -0.2) is 24.3 Å². The molecule has 29 heavy (non-hydrogen) atoms. The van der Waals surface area contributed by atoms with Crippen molar-refractivity contribution < 1.29 is 23.9 Å². The van der Waals surface area contributed by atoms with E-state index in [0.717, 1.165) is 5.56 Å². The third-order valence-electron chi connectivity index (χ3n) is 3.90. The van der Waals surface area contributed by atoms with Gasteiger partial charge in [-0.3, -0.25) is 9.59 Å². The summed E-state index contributed by atoms with van der Waals surface area (Å²) in [5.74, 6) is -1.56. The SMILES string of the molecule is O=C([O-])CCCCCNC(=O)/C(=C\c1ccco1)NC(=O)/C=C/c1ccccc1. The van der Waals surface area contributed by atoms with Gasteiger partial charge in [0.25, 0.3) is 5.91 Å². The van der Waals surface area contributed by atoms with E-state index in [2.05, 4.69) is 10.6 Å². The molecule has 0 aliphatic rings. The molecule has 1 heterocycles. The number of furan rings is 1. The zero-order chi connectivity index (χ0) is 20.9. The summed E-state index contributed by atoms with van der Waals surface area (Å²) in [6.07, 6.45) is 7.67. The van der Waals surface area contributed by atoms with E-state index in [0.29, 0.717) is 31.6 Å². The predicted molar refractivity (Wildman–Crippen MR) is 107 cm³/mol. The lowest BCUT2D eigenvalue weighted by molar-refractivity contribution is -0.305. The molecule has 1 aromatic carbocycles. The highest BCUT2D eigenvalue weighted by atomic mass is 16.4. The number of carbonyl (C=O) groups excluding carboxylic acids is 3. The lowest BCUT2D eigenvalue weighted by Crippen LogP contribution is -2.34. The first-order valence-corrected chi connectivity index (χ1v) is 9.32. The lowest BCUT2D eigenvalue weighted by atomic mass is 10.2. The molecule has 2 aromatic rings. The van der Waals surface area contributed by atoms with Crippen molar-refractivity contribution in [2.24, 2.45) is 0 Å². The fourth-order valence-electron chi connectivity index (χ4n) is 2.45. The average molecular weight is 395 g/mol. The maximum absolute atomic E-state index is 12.5. The van der Waals surface area contributed by atoms with Gasteiger partial charge >= 0.3 is 0 Å². The van der Waals surface area contributed by atoms with Gasteiger partial charge in [0.15, 0.2) is 0 Å². The minimum absolute atomic E-state index is 0.00139. The molecule has 0 saturated carbocycles. The minimum Gasteiger partial charge on any atom is -0.550 e. The van der Waals surface area contributed by atoms with Crippen molar-refractivity contribution in [1.29, 1.82) is 0 Å². The number of carboxylic acid groups (broad SMARTS) is 1. The maximum atomic E-state index is 12.5. The van der Waals surface area contributed by atoms with Crippen molar-refractivity contribution in [3.8, 4) is 0 Å². The Morgan fingerprint density at radius 2 is 1.79 bits per heavy atom. The molecule has 2 amide bonds. The molecule has 0 spiro atoms. The molecule has 0 unspecified atom stereocenters. The molecule has 0 bridgehead atoms. The summed E-state index contributed by atoms with van der Waals surface area (Å²) >= 11 is 0. The summed E-state index contributed by atoms with van der Waals surface area (Å²) in [6, 6.07) is 12.7. The molecule has 1 aromatic heterocycles. The van der Waals surface area contributed by atoms with Gasteiger partial charge < -0.3 is 25.0 Å². The number of rotatable bonds is 11. The molecule has 0 atom stereocenters. The Kier molecular flexibility index (Phi) is 8.95. The van der Waals surface area contributed by atoms with Crippen LogP contribution < -0.4 is 15.7 Å². The summed E-state index contributed by atoms with van der Waals surface area (Å²) in [5.41, 5.74) is 0.914. The quantitative estimate of drug-likeness (QED) is 0.446. The molecule has 7 nitrogen and oxygen atoms in total. The van der Waals surface area contributed by atoms with Crippen molar-refractivity contribution in [2.75, 3.05) is 6.54 Å². The van der Waals surface area contributed by atoms with Gasteiger partial charge in [0.2, 0.25) is 5.91 Å². The minimum atomic E-state index is -1.08. The Bertz CT molecular complexity index is 855. The molecule has 0 aliphatic heterocycles. The highest BCUT2D eigenvalue weighted by Gasteiger charge is 2.12. The van der Waals surface area contributed by atoms with Crippen LogP contribution in [-0.2, 0) is 14.4 Å². The summed E-state index contributed by atoms with van der Waals surface area (Å²) < 4.78 is 5.22. The Balaban J connectivity index is 1.92. The van der Waals surface area contributed by atoms with Gasteiger partial charge in [0, 0.05) is 24.7 Å². The van der Waals surface area contributed by atoms with E-state index in [4.69, 9.17) is 4.42 Å².